The van der Waals surface area contributed by atoms with Gasteiger partial charge in [-0.2, -0.15) is 0 Å². The normalized spacial score (nSPS) is 10.6. The lowest BCUT2D eigenvalue weighted by atomic mass is 10.0. The van der Waals surface area contributed by atoms with Crippen molar-refractivity contribution in [1.82, 2.24) is 0 Å². The quantitative estimate of drug-likeness (QED) is 0.621. The van der Waals surface area contributed by atoms with Gasteiger partial charge in [0.05, 0.1) is 6.26 Å². The molecular formula is C17H13FO. The van der Waals surface area contributed by atoms with E-state index in [0.29, 0.717) is 5.56 Å². The molecule has 0 bridgehead atoms. The van der Waals surface area contributed by atoms with Crippen molar-refractivity contribution in [3.63, 3.8) is 0 Å². The number of aryl methyl sites for hydroxylation is 1. The van der Waals surface area contributed by atoms with Crippen LogP contribution < -0.4 is 0 Å². The Morgan fingerprint density at radius 1 is 0.842 bits per heavy atom. The molecule has 3 rings (SSSR count). The van der Waals surface area contributed by atoms with Crippen LogP contribution in [-0.4, -0.2) is 0 Å². The van der Waals surface area contributed by atoms with Crippen LogP contribution in [0.4, 0.5) is 4.39 Å². The molecule has 0 radical (unpaired) electrons. The van der Waals surface area contributed by atoms with Crippen molar-refractivity contribution < 1.29 is 8.81 Å². The maximum absolute atomic E-state index is 13.6. The first-order chi connectivity index (χ1) is 9.24. The molecule has 0 fully saturated rings. The summed E-state index contributed by atoms with van der Waals surface area (Å²) in [5, 5.41) is 0. The van der Waals surface area contributed by atoms with Crippen LogP contribution in [0.15, 0.2) is 65.3 Å². The van der Waals surface area contributed by atoms with Crippen molar-refractivity contribution in [2.24, 2.45) is 0 Å². The van der Waals surface area contributed by atoms with E-state index in [0.717, 1.165) is 22.5 Å². The molecule has 0 amide bonds. The standard InChI is InChI=1S/C17H13FO/c1-12-7-8-14(11-16(12)18)13-4-2-5-15(10-13)17-6-3-9-19-17/h2-11H,1H3. The van der Waals surface area contributed by atoms with Gasteiger partial charge in [0.1, 0.15) is 11.6 Å². The van der Waals surface area contributed by atoms with Gasteiger partial charge in [0.15, 0.2) is 0 Å². The van der Waals surface area contributed by atoms with E-state index in [1.807, 2.05) is 42.5 Å². The molecule has 2 heteroatoms. The molecule has 1 heterocycles. The van der Waals surface area contributed by atoms with Gasteiger partial charge in [-0.15, -0.1) is 0 Å². The molecule has 19 heavy (non-hydrogen) atoms. The number of halogens is 1. The Morgan fingerprint density at radius 2 is 1.63 bits per heavy atom. The van der Waals surface area contributed by atoms with Crippen LogP contribution in [0.25, 0.3) is 22.5 Å². The van der Waals surface area contributed by atoms with Crippen LogP contribution in [0.2, 0.25) is 0 Å². The predicted molar refractivity (Wildman–Crippen MR) is 74.3 cm³/mol. The molecule has 1 nitrogen and oxygen atoms in total. The number of benzene rings is 2. The zero-order chi connectivity index (χ0) is 13.2. The first-order valence-corrected chi connectivity index (χ1v) is 6.14. The number of hydrogen-bond donors (Lipinski definition) is 0. The summed E-state index contributed by atoms with van der Waals surface area (Å²) in [6, 6.07) is 17.0. The Balaban J connectivity index is 2.06. The van der Waals surface area contributed by atoms with Crippen LogP contribution in [0.1, 0.15) is 5.56 Å². The van der Waals surface area contributed by atoms with E-state index in [9.17, 15) is 4.39 Å². The first kappa shape index (κ1) is 11.7. The molecule has 0 spiro atoms. The topological polar surface area (TPSA) is 13.1 Å². The van der Waals surface area contributed by atoms with Crippen molar-refractivity contribution in [2.45, 2.75) is 6.92 Å². The molecule has 0 atom stereocenters. The zero-order valence-electron chi connectivity index (χ0n) is 10.6. The molecule has 1 aromatic heterocycles. The highest BCUT2D eigenvalue weighted by molar-refractivity contribution is 5.71. The molecule has 0 aliphatic rings. The molecule has 0 saturated heterocycles. The molecule has 3 aromatic rings. The summed E-state index contributed by atoms with van der Waals surface area (Å²) < 4.78 is 19.0. The third kappa shape index (κ3) is 2.29. The van der Waals surface area contributed by atoms with E-state index in [1.54, 1.807) is 25.3 Å². The molecule has 0 unspecified atom stereocenters. The van der Waals surface area contributed by atoms with Crippen molar-refractivity contribution >= 4 is 0 Å². The van der Waals surface area contributed by atoms with Gasteiger partial charge >= 0.3 is 0 Å². The summed E-state index contributed by atoms with van der Waals surface area (Å²) in [4.78, 5) is 0. The summed E-state index contributed by atoms with van der Waals surface area (Å²) >= 11 is 0. The Kier molecular flexibility index (Phi) is 2.92. The number of furan rings is 1. The van der Waals surface area contributed by atoms with Gasteiger partial charge in [0, 0.05) is 5.56 Å². The highest BCUT2D eigenvalue weighted by Crippen LogP contribution is 2.27. The lowest BCUT2D eigenvalue weighted by Gasteiger charge is -2.05. The highest BCUT2D eigenvalue weighted by Gasteiger charge is 2.05. The monoisotopic (exact) mass is 252 g/mol. The van der Waals surface area contributed by atoms with Crippen LogP contribution in [0, 0.1) is 12.7 Å². The van der Waals surface area contributed by atoms with Gasteiger partial charge in [0.25, 0.3) is 0 Å². The van der Waals surface area contributed by atoms with Gasteiger partial charge in [-0.1, -0.05) is 30.3 Å². The van der Waals surface area contributed by atoms with E-state index in [-0.39, 0.29) is 5.82 Å². The van der Waals surface area contributed by atoms with E-state index < -0.39 is 0 Å². The Bertz CT molecular complexity index is 699. The summed E-state index contributed by atoms with van der Waals surface area (Å²) in [5.41, 5.74) is 3.50. The fourth-order valence-corrected chi connectivity index (χ4v) is 2.07. The maximum Gasteiger partial charge on any atom is 0.133 e. The van der Waals surface area contributed by atoms with Crippen molar-refractivity contribution in [3.05, 3.63) is 72.2 Å². The summed E-state index contributed by atoms with van der Waals surface area (Å²) in [7, 11) is 0. The molecule has 0 aliphatic heterocycles. The molecule has 2 aromatic carbocycles. The van der Waals surface area contributed by atoms with Gasteiger partial charge < -0.3 is 4.42 Å². The zero-order valence-corrected chi connectivity index (χ0v) is 10.6. The molecule has 94 valence electrons. The second-order valence-electron chi connectivity index (χ2n) is 4.52. The van der Waals surface area contributed by atoms with E-state index in [4.69, 9.17) is 4.42 Å². The summed E-state index contributed by atoms with van der Waals surface area (Å²) in [5.74, 6) is 0.635. The smallest absolute Gasteiger partial charge is 0.133 e. The molecule has 0 aliphatic carbocycles. The Labute approximate surface area is 111 Å². The Morgan fingerprint density at radius 3 is 2.37 bits per heavy atom. The van der Waals surface area contributed by atoms with Crippen LogP contribution in [-0.2, 0) is 0 Å². The fourth-order valence-electron chi connectivity index (χ4n) is 2.07. The SMILES string of the molecule is Cc1ccc(-c2cccc(-c3ccco3)c2)cc1F. The van der Waals surface area contributed by atoms with Crippen LogP contribution in [0.3, 0.4) is 0 Å². The lowest BCUT2D eigenvalue weighted by molar-refractivity contribution is 0.582. The second kappa shape index (κ2) is 4.73. The van der Waals surface area contributed by atoms with Gasteiger partial charge in [-0.3, -0.25) is 0 Å². The largest absolute Gasteiger partial charge is 0.464 e. The van der Waals surface area contributed by atoms with Crippen molar-refractivity contribution in [1.29, 1.82) is 0 Å². The third-order valence-electron chi connectivity index (χ3n) is 3.17. The highest BCUT2D eigenvalue weighted by atomic mass is 19.1. The lowest BCUT2D eigenvalue weighted by Crippen LogP contribution is -1.85. The average molecular weight is 252 g/mol. The molecular weight excluding hydrogens is 239 g/mol. The van der Waals surface area contributed by atoms with Crippen LogP contribution in [0.5, 0.6) is 0 Å². The minimum Gasteiger partial charge on any atom is -0.464 e. The minimum absolute atomic E-state index is 0.180. The van der Waals surface area contributed by atoms with Gasteiger partial charge in [0.2, 0.25) is 0 Å². The van der Waals surface area contributed by atoms with Gasteiger partial charge in [-0.25, -0.2) is 4.39 Å². The fraction of sp³-hybridized carbons (Fsp3) is 0.0588. The summed E-state index contributed by atoms with van der Waals surface area (Å²) in [6.45, 7) is 1.76. The van der Waals surface area contributed by atoms with Crippen molar-refractivity contribution in [3.8, 4) is 22.5 Å². The number of hydrogen-bond acceptors (Lipinski definition) is 1. The first-order valence-electron chi connectivity index (χ1n) is 6.14. The van der Waals surface area contributed by atoms with E-state index in [1.165, 1.54) is 0 Å². The molecule has 0 N–H and O–H groups in total. The van der Waals surface area contributed by atoms with Crippen LogP contribution >= 0.6 is 0 Å². The number of rotatable bonds is 2. The van der Waals surface area contributed by atoms with E-state index >= 15 is 0 Å². The predicted octanol–water partition coefficient (Wildman–Crippen LogP) is 5.06. The Hall–Kier alpha value is -2.35. The van der Waals surface area contributed by atoms with Gasteiger partial charge in [-0.05, 0) is 47.9 Å². The minimum atomic E-state index is -0.180. The third-order valence-corrected chi connectivity index (χ3v) is 3.17. The van der Waals surface area contributed by atoms with Crippen molar-refractivity contribution in [2.75, 3.05) is 0 Å². The maximum atomic E-state index is 13.6. The van der Waals surface area contributed by atoms with E-state index in [2.05, 4.69) is 0 Å². The molecule has 0 saturated carbocycles. The second-order valence-corrected chi connectivity index (χ2v) is 4.52. The average Bonchev–Trinajstić information content (AvgIpc) is 2.96. The summed E-state index contributed by atoms with van der Waals surface area (Å²) in [6.07, 6.45) is 1.65.